The normalized spacial score (nSPS) is 15.1. The van der Waals surface area contributed by atoms with Gasteiger partial charge in [-0.1, -0.05) is 0 Å². The average molecular weight is 194 g/mol. The van der Waals surface area contributed by atoms with Gasteiger partial charge in [0.05, 0.1) is 4.92 Å². The standard InChI is InChI=1S/C9H10N2O3/c12-9-4-3-7(10-6-1-2-6)5-8(9)11(13)14/h3-6,10,12H,1-2H2. The van der Waals surface area contributed by atoms with Gasteiger partial charge >= 0.3 is 5.69 Å². The van der Waals surface area contributed by atoms with Crippen molar-refractivity contribution in [1.82, 2.24) is 0 Å². The number of hydrogen-bond donors (Lipinski definition) is 2. The van der Waals surface area contributed by atoms with E-state index in [1.165, 1.54) is 12.1 Å². The Bertz CT molecular complexity index is 374. The first-order valence-electron chi connectivity index (χ1n) is 4.41. The van der Waals surface area contributed by atoms with Crippen LogP contribution in [0.5, 0.6) is 5.75 Å². The second-order valence-electron chi connectivity index (χ2n) is 3.38. The number of benzene rings is 1. The molecule has 0 amide bonds. The van der Waals surface area contributed by atoms with Gasteiger partial charge in [-0.25, -0.2) is 0 Å². The van der Waals surface area contributed by atoms with Crippen molar-refractivity contribution in [2.45, 2.75) is 18.9 Å². The number of nitro benzene ring substituents is 1. The Morgan fingerprint density at radius 2 is 2.21 bits per heavy atom. The molecule has 0 aliphatic heterocycles. The zero-order valence-electron chi connectivity index (χ0n) is 7.43. The van der Waals surface area contributed by atoms with E-state index in [1.807, 2.05) is 0 Å². The van der Waals surface area contributed by atoms with E-state index in [0.29, 0.717) is 11.7 Å². The van der Waals surface area contributed by atoms with E-state index in [-0.39, 0.29) is 11.4 Å². The van der Waals surface area contributed by atoms with Crippen molar-refractivity contribution < 1.29 is 10.0 Å². The molecule has 5 nitrogen and oxygen atoms in total. The van der Waals surface area contributed by atoms with Crippen LogP contribution in [0.15, 0.2) is 18.2 Å². The quantitative estimate of drug-likeness (QED) is 0.437. The summed E-state index contributed by atoms with van der Waals surface area (Å²) >= 11 is 0. The lowest BCUT2D eigenvalue weighted by molar-refractivity contribution is -0.385. The second-order valence-corrected chi connectivity index (χ2v) is 3.38. The van der Waals surface area contributed by atoms with Gasteiger partial charge in [-0.05, 0) is 25.0 Å². The van der Waals surface area contributed by atoms with Crippen LogP contribution in [0, 0.1) is 10.1 Å². The number of hydrogen-bond acceptors (Lipinski definition) is 4. The molecule has 2 N–H and O–H groups in total. The van der Waals surface area contributed by atoms with Gasteiger partial charge in [0, 0.05) is 17.8 Å². The third kappa shape index (κ3) is 1.76. The average Bonchev–Trinajstić information content (AvgIpc) is 2.92. The monoisotopic (exact) mass is 194 g/mol. The molecule has 1 aromatic rings. The van der Waals surface area contributed by atoms with Gasteiger partial charge < -0.3 is 10.4 Å². The summed E-state index contributed by atoms with van der Waals surface area (Å²) in [4.78, 5) is 9.90. The molecular weight excluding hydrogens is 184 g/mol. The predicted molar refractivity (Wildman–Crippen MR) is 51.4 cm³/mol. The molecule has 0 unspecified atom stereocenters. The molecule has 0 radical (unpaired) electrons. The van der Waals surface area contributed by atoms with E-state index in [2.05, 4.69) is 5.32 Å². The molecule has 1 aliphatic rings. The van der Waals surface area contributed by atoms with E-state index >= 15 is 0 Å². The Morgan fingerprint density at radius 1 is 1.50 bits per heavy atom. The summed E-state index contributed by atoms with van der Waals surface area (Å²) in [7, 11) is 0. The van der Waals surface area contributed by atoms with Crippen LogP contribution in [-0.2, 0) is 0 Å². The van der Waals surface area contributed by atoms with Gasteiger partial charge in [-0.2, -0.15) is 0 Å². The fourth-order valence-electron chi connectivity index (χ4n) is 1.22. The maximum atomic E-state index is 10.5. The van der Waals surface area contributed by atoms with Gasteiger partial charge in [-0.3, -0.25) is 10.1 Å². The minimum Gasteiger partial charge on any atom is -0.502 e. The lowest BCUT2D eigenvalue weighted by Gasteiger charge is -2.04. The van der Waals surface area contributed by atoms with Crippen molar-refractivity contribution in [3.05, 3.63) is 28.3 Å². The van der Waals surface area contributed by atoms with Crippen LogP contribution < -0.4 is 5.32 Å². The van der Waals surface area contributed by atoms with Crippen LogP contribution in [0.4, 0.5) is 11.4 Å². The highest BCUT2D eigenvalue weighted by molar-refractivity contribution is 5.58. The number of phenols is 1. The van der Waals surface area contributed by atoms with Crippen molar-refractivity contribution in [2.75, 3.05) is 5.32 Å². The van der Waals surface area contributed by atoms with Crippen molar-refractivity contribution in [3.63, 3.8) is 0 Å². The number of nitro groups is 1. The largest absolute Gasteiger partial charge is 0.502 e. The van der Waals surface area contributed by atoms with E-state index in [1.54, 1.807) is 6.07 Å². The fourth-order valence-corrected chi connectivity index (χ4v) is 1.22. The third-order valence-electron chi connectivity index (χ3n) is 2.12. The summed E-state index contributed by atoms with van der Waals surface area (Å²) in [6, 6.07) is 4.77. The molecule has 1 aliphatic carbocycles. The van der Waals surface area contributed by atoms with Crippen LogP contribution in [0.1, 0.15) is 12.8 Å². The molecule has 1 aromatic carbocycles. The van der Waals surface area contributed by atoms with Crippen molar-refractivity contribution >= 4 is 11.4 Å². The Labute approximate surface area is 80.5 Å². The van der Waals surface area contributed by atoms with Crippen LogP contribution in [-0.4, -0.2) is 16.1 Å². The third-order valence-corrected chi connectivity index (χ3v) is 2.12. The van der Waals surface area contributed by atoms with Crippen molar-refractivity contribution in [3.8, 4) is 5.75 Å². The highest BCUT2D eigenvalue weighted by Gasteiger charge is 2.22. The Kier molecular flexibility index (Phi) is 1.99. The summed E-state index contributed by atoms with van der Waals surface area (Å²) < 4.78 is 0. The zero-order valence-corrected chi connectivity index (χ0v) is 7.43. The Morgan fingerprint density at radius 3 is 2.79 bits per heavy atom. The van der Waals surface area contributed by atoms with Gasteiger partial charge in [-0.15, -0.1) is 0 Å². The molecule has 0 atom stereocenters. The molecule has 1 saturated carbocycles. The minimum atomic E-state index is -0.590. The fraction of sp³-hybridized carbons (Fsp3) is 0.333. The topological polar surface area (TPSA) is 75.4 Å². The maximum Gasteiger partial charge on any atom is 0.312 e. The van der Waals surface area contributed by atoms with Crippen molar-refractivity contribution in [1.29, 1.82) is 0 Å². The van der Waals surface area contributed by atoms with Crippen LogP contribution >= 0.6 is 0 Å². The van der Waals surface area contributed by atoms with Gasteiger partial charge in [0.25, 0.3) is 0 Å². The minimum absolute atomic E-state index is 0.254. The first-order valence-corrected chi connectivity index (χ1v) is 4.41. The lowest BCUT2D eigenvalue weighted by atomic mass is 10.2. The van der Waals surface area contributed by atoms with Gasteiger partial charge in [0.1, 0.15) is 0 Å². The number of rotatable bonds is 3. The zero-order chi connectivity index (χ0) is 10.1. The number of nitrogens with one attached hydrogen (secondary N) is 1. The highest BCUT2D eigenvalue weighted by Crippen LogP contribution is 2.31. The van der Waals surface area contributed by atoms with E-state index in [9.17, 15) is 15.2 Å². The molecule has 5 heteroatoms. The molecule has 74 valence electrons. The number of anilines is 1. The van der Waals surface area contributed by atoms with Crippen LogP contribution in [0.3, 0.4) is 0 Å². The lowest BCUT2D eigenvalue weighted by Crippen LogP contribution is -2.01. The Balaban J connectivity index is 2.24. The van der Waals surface area contributed by atoms with E-state index < -0.39 is 4.92 Å². The molecule has 2 rings (SSSR count). The summed E-state index contributed by atoms with van der Waals surface area (Å²) in [6.45, 7) is 0. The van der Waals surface area contributed by atoms with Gasteiger partial charge in [0.2, 0.25) is 0 Å². The summed E-state index contributed by atoms with van der Waals surface area (Å²) in [5.74, 6) is -0.295. The summed E-state index contributed by atoms with van der Waals surface area (Å²) in [6.07, 6.45) is 2.21. The molecule has 0 heterocycles. The number of nitrogens with zero attached hydrogens (tertiary/aromatic N) is 1. The van der Waals surface area contributed by atoms with E-state index in [4.69, 9.17) is 0 Å². The second kappa shape index (κ2) is 3.17. The predicted octanol–water partition coefficient (Wildman–Crippen LogP) is 1.87. The molecule has 0 spiro atoms. The van der Waals surface area contributed by atoms with Crippen molar-refractivity contribution in [2.24, 2.45) is 0 Å². The van der Waals surface area contributed by atoms with Crippen LogP contribution in [0.2, 0.25) is 0 Å². The summed E-state index contributed by atoms with van der Waals surface area (Å²) in [5, 5.41) is 22.8. The Hall–Kier alpha value is -1.78. The van der Waals surface area contributed by atoms with Crippen LogP contribution in [0.25, 0.3) is 0 Å². The van der Waals surface area contributed by atoms with E-state index in [0.717, 1.165) is 12.8 Å². The van der Waals surface area contributed by atoms with Gasteiger partial charge in [0.15, 0.2) is 5.75 Å². The summed E-state index contributed by atoms with van der Waals surface area (Å²) in [5.41, 5.74) is 0.438. The molecule has 1 fully saturated rings. The molecule has 0 bridgehead atoms. The first kappa shape index (κ1) is 8.80. The highest BCUT2D eigenvalue weighted by atomic mass is 16.6. The number of aromatic hydroxyl groups is 1. The molecular formula is C9H10N2O3. The molecule has 0 saturated heterocycles. The number of phenolic OH excluding ortho intramolecular Hbond substituents is 1. The molecule has 14 heavy (non-hydrogen) atoms. The first-order chi connectivity index (χ1) is 6.66. The smallest absolute Gasteiger partial charge is 0.312 e. The SMILES string of the molecule is O=[N+]([O-])c1cc(NC2CC2)ccc1O. The maximum absolute atomic E-state index is 10.5. The molecule has 0 aromatic heterocycles.